The van der Waals surface area contributed by atoms with Crippen molar-refractivity contribution >= 4 is 11.9 Å². The van der Waals surface area contributed by atoms with Crippen molar-refractivity contribution < 1.29 is 0 Å². The molecular formula is C17H18N4. The van der Waals surface area contributed by atoms with Gasteiger partial charge in [-0.1, -0.05) is 24.3 Å². The van der Waals surface area contributed by atoms with Crippen LogP contribution in [-0.4, -0.2) is 24.2 Å². The van der Waals surface area contributed by atoms with Gasteiger partial charge in [0.05, 0.1) is 23.5 Å². The summed E-state index contributed by atoms with van der Waals surface area (Å²) in [5.74, 6) is 1.04. The van der Waals surface area contributed by atoms with Gasteiger partial charge in [-0.25, -0.2) is 4.99 Å². The van der Waals surface area contributed by atoms with Crippen LogP contribution in [0.15, 0.2) is 47.0 Å². The van der Waals surface area contributed by atoms with Crippen molar-refractivity contribution in [2.24, 2.45) is 4.99 Å². The van der Waals surface area contributed by atoms with Crippen molar-refractivity contribution in [3.8, 4) is 0 Å². The first-order chi connectivity index (χ1) is 10.4. The zero-order chi connectivity index (χ0) is 13.9. The molecule has 1 unspecified atom stereocenters. The Kier molecular flexibility index (Phi) is 2.19. The molecule has 1 atom stereocenters. The largest absolute Gasteiger partial charge is 0.357 e. The number of benzene rings is 1. The van der Waals surface area contributed by atoms with E-state index in [2.05, 4.69) is 44.8 Å². The third-order valence-electron chi connectivity index (χ3n) is 5.08. The van der Waals surface area contributed by atoms with Crippen LogP contribution in [-0.2, 0) is 5.54 Å². The number of nitrogens with one attached hydrogen (secondary N) is 2. The van der Waals surface area contributed by atoms with E-state index < -0.39 is 0 Å². The van der Waals surface area contributed by atoms with Gasteiger partial charge in [0.2, 0.25) is 0 Å². The summed E-state index contributed by atoms with van der Waals surface area (Å²) < 4.78 is 0. The summed E-state index contributed by atoms with van der Waals surface area (Å²) in [6.07, 6.45) is 7.73. The van der Waals surface area contributed by atoms with E-state index >= 15 is 0 Å². The summed E-state index contributed by atoms with van der Waals surface area (Å²) in [4.78, 5) is 6.86. The number of aliphatic imine (C=N–C) groups is 1. The van der Waals surface area contributed by atoms with Gasteiger partial charge < -0.3 is 15.5 Å². The van der Waals surface area contributed by atoms with Crippen molar-refractivity contribution in [1.82, 2.24) is 15.5 Å². The highest BCUT2D eigenvalue weighted by Gasteiger charge is 2.49. The average Bonchev–Trinajstić information content (AvgIpc) is 3.11. The second-order valence-corrected chi connectivity index (χ2v) is 6.13. The van der Waals surface area contributed by atoms with Crippen molar-refractivity contribution in [1.29, 1.82) is 0 Å². The summed E-state index contributed by atoms with van der Waals surface area (Å²) in [5, 5.41) is 7.34. The first-order valence-electron chi connectivity index (χ1n) is 7.77. The molecule has 3 heterocycles. The van der Waals surface area contributed by atoms with Crippen LogP contribution in [0.2, 0.25) is 0 Å². The van der Waals surface area contributed by atoms with Gasteiger partial charge in [-0.05, 0) is 31.4 Å². The molecule has 1 aromatic carbocycles. The molecule has 1 aliphatic carbocycles. The predicted molar refractivity (Wildman–Crippen MR) is 83.3 cm³/mol. The van der Waals surface area contributed by atoms with Crippen molar-refractivity contribution in [2.45, 2.75) is 24.8 Å². The first-order valence-corrected chi connectivity index (χ1v) is 7.77. The highest BCUT2D eigenvalue weighted by molar-refractivity contribution is 5.82. The fourth-order valence-corrected chi connectivity index (χ4v) is 4.23. The lowest BCUT2D eigenvalue weighted by molar-refractivity contribution is 0.255. The Morgan fingerprint density at radius 2 is 2.14 bits per heavy atom. The molecule has 3 aliphatic heterocycles. The first kappa shape index (κ1) is 11.6. The van der Waals surface area contributed by atoms with Crippen LogP contribution in [0, 0.1) is 0 Å². The maximum absolute atomic E-state index is 4.50. The Hall–Kier alpha value is -2.07. The van der Waals surface area contributed by atoms with E-state index in [0.717, 1.165) is 25.3 Å². The molecule has 0 aromatic heterocycles. The fourth-order valence-electron chi connectivity index (χ4n) is 4.23. The van der Waals surface area contributed by atoms with Gasteiger partial charge in [-0.15, -0.1) is 0 Å². The lowest BCUT2D eigenvalue weighted by Gasteiger charge is -2.42. The van der Waals surface area contributed by atoms with E-state index in [9.17, 15) is 0 Å². The van der Waals surface area contributed by atoms with Gasteiger partial charge in [-0.2, -0.15) is 0 Å². The monoisotopic (exact) mass is 278 g/mol. The number of piperidine rings is 1. The molecule has 2 N–H and O–H groups in total. The van der Waals surface area contributed by atoms with Crippen molar-refractivity contribution in [3.05, 3.63) is 53.1 Å². The standard InChI is InChI=1S/C17H18N4/c1-2-6-13-12(5-1)15-16(17(13)7-3-4-8-20-17)21-10-9-18-14(21)11-19-15/h1-2,5-6,9,11,19-20H,3-4,7-8,10H2. The van der Waals surface area contributed by atoms with Crippen LogP contribution in [0.4, 0.5) is 0 Å². The van der Waals surface area contributed by atoms with E-state index in [4.69, 9.17) is 0 Å². The molecule has 1 fully saturated rings. The smallest absolute Gasteiger partial charge is 0.149 e. The van der Waals surface area contributed by atoms with Gasteiger partial charge in [-0.3, -0.25) is 0 Å². The number of hydrogen-bond donors (Lipinski definition) is 2. The summed E-state index contributed by atoms with van der Waals surface area (Å²) >= 11 is 0. The summed E-state index contributed by atoms with van der Waals surface area (Å²) in [6, 6.07) is 8.81. The van der Waals surface area contributed by atoms with Gasteiger partial charge >= 0.3 is 0 Å². The molecule has 1 spiro atoms. The lowest BCUT2D eigenvalue weighted by atomic mass is 9.81. The number of hydrogen-bond acceptors (Lipinski definition) is 4. The van der Waals surface area contributed by atoms with Crippen LogP contribution in [0.5, 0.6) is 0 Å². The Labute approximate surface area is 124 Å². The van der Waals surface area contributed by atoms with Gasteiger partial charge in [0.15, 0.2) is 0 Å². The highest BCUT2D eigenvalue weighted by Crippen LogP contribution is 2.51. The fraction of sp³-hybridized carbons (Fsp3) is 0.353. The molecule has 21 heavy (non-hydrogen) atoms. The average molecular weight is 278 g/mol. The van der Waals surface area contributed by atoms with E-state index in [-0.39, 0.29) is 5.54 Å². The molecule has 5 rings (SSSR count). The maximum atomic E-state index is 4.50. The highest BCUT2D eigenvalue weighted by atomic mass is 15.3. The van der Waals surface area contributed by atoms with Crippen LogP contribution >= 0.6 is 0 Å². The molecule has 0 bridgehead atoms. The molecular weight excluding hydrogens is 260 g/mol. The Bertz CT molecular complexity index is 707. The predicted octanol–water partition coefficient (Wildman–Crippen LogP) is 2.13. The van der Waals surface area contributed by atoms with Crippen LogP contribution < -0.4 is 10.6 Å². The van der Waals surface area contributed by atoms with Crippen LogP contribution in [0.3, 0.4) is 0 Å². The molecule has 4 aliphatic rings. The summed E-state index contributed by atoms with van der Waals surface area (Å²) in [7, 11) is 0. The third-order valence-corrected chi connectivity index (χ3v) is 5.08. The second-order valence-electron chi connectivity index (χ2n) is 6.13. The maximum Gasteiger partial charge on any atom is 0.149 e. The third kappa shape index (κ3) is 1.36. The van der Waals surface area contributed by atoms with Gasteiger partial charge in [0.25, 0.3) is 0 Å². The van der Waals surface area contributed by atoms with E-state index in [0.29, 0.717) is 0 Å². The number of fused-ring (bicyclic) bond motifs is 6. The van der Waals surface area contributed by atoms with Gasteiger partial charge in [0.1, 0.15) is 5.82 Å². The summed E-state index contributed by atoms with van der Waals surface area (Å²) in [5.41, 5.74) is 5.35. The molecule has 1 aromatic rings. The zero-order valence-corrected chi connectivity index (χ0v) is 11.9. The van der Waals surface area contributed by atoms with Gasteiger partial charge in [0, 0.05) is 18.0 Å². The molecule has 1 saturated heterocycles. The van der Waals surface area contributed by atoms with Crippen LogP contribution in [0.1, 0.15) is 30.4 Å². The Balaban J connectivity index is 1.74. The minimum absolute atomic E-state index is 0.0373. The Morgan fingerprint density at radius 3 is 3.05 bits per heavy atom. The zero-order valence-electron chi connectivity index (χ0n) is 11.9. The molecule has 0 radical (unpaired) electrons. The minimum Gasteiger partial charge on any atom is -0.357 e. The lowest BCUT2D eigenvalue weighted by Crippen LogP contribution is -2.50. The van der Waals surface area contributed by atoms with E-state index in [1.54, 1.807) is 0 Å². The molecule has 4 heteroatoms. The number of rotatable bonds is 0. The molecule has 0 amide bonds. The van der Waals surface area contributed by atoms with Crippen molar-refractivity contribution in [2.75, 3.05) is 13.1 Å². The second kappa shape index (κ2) is 3.98. The van der Waals surface area contributed by atoms with Crippen LogP contribution in [0.25, 0.3) is 5.70 Å². The van der Waals surface area contributed by atoms with E-state index in [1.165, 1.54) is 35.4 Å². The summed E-state index contributed by atoms with van der Waals surface area (Å²) in [6.45, 7) is 1.96. The topological polar surface area (TPSA) is 39.7 Å². The van der Waals surface area contributed by atoms with Crippen molar-refractivity contribution in [3.63, 3.8) is 0 Å². The minimum atomic E-state index is -0.0373. The normalized spacial score (nSPS) is 29.1. The Morgan fingerprint density at radius 1 is 1.19 bits per heavy atom. The van der Waals surface area contributed by atoms with E-state index in [1.807, 2.05) is 12.4 Å². The molecule has 0 saturated carbocycles. The molecule has 4 nitrogen and oxygen atoms in total. The molecule has 106 valence electrons. The SMILES string of the molecule is C1=NC2=CNC3=C(N2C1)C1(CCCCN1)c1ccccc13. The quantitative estimate of drug-likeness (QED) is 0.763. The number of nitrogens with zero attached hydrogens (tertiary/aromatic N) is 2.